The van der Waals surface area contributed by atoms with Crippen LogP contribution in [0.4, 0.5) is 0 Å². The minimum absolute atomic E-state index is 0.00132. The molecule has 1 aromatic carbocycles. The number of Topliss-reactive ketones (excluding diaryl/α,β-unsaturated/α-hetero) is 1. The number of hydrogen-bond donors (Lipinski definition) is 3. The fourth-order valence-electron chi connectivity index (χ4n) is 8.47. The van der Waals surface area contributed by atoms with Crippen molar-refractivity contribution in [1.29, 1.82) is 0 Å². The Labute approximate surface area is 263 Å². The van der Waals surface area contributed by atoms with E-state index in [9.17, 15) is 18.3 Å². The van der Waals surface area contributed by atoms with Gasteiger partial charge in [-0.05, 0) is 94.2 Å². The maximum Gasteiger partial charge on any atom is 0.214 e. The van der Waals surface area contributed by atoms with Crippen molar-refractivity contribution in [3.63, 3.8) is 0 Å². The van der Waals surface area contributed by atoms with Crippen LogP contribution < -0.4 is 10.6 Å². The molecule has 3 saturated heterocycles. The first-order valence-electron chi connectivity index (χ1n) is 16.6. The van der Waals surface area contributed by atoms with Gasteiger partial charge in [-0.2, -0.15) is 4.31 Å². The van der Waals surface area contributed by atoms with E-state index in [4.69, 9.17) is 16.3 Å². The van der Waals surface area contributed by atoms with Gasteiger partial charge in [0.1, 0.15) is 0 Å². The molecular formula is C33H52ClN3O5S. The van der Waals surface area contributed by atoms with Gasteiger partial charge in [0.15, 0.2) is 5.78 Å². The van der Waals surface area contributed by atoms with Gasteiger partial charge in [-0.1, -0.05) is 36.6 Å². The van der Waals surface area contributed by atoms with Gasteiger partial charge in [0.05, 0.1) is 24.0 Å². The van der Waals surface area contributed by atoms with Crippen LogP contribution in [-0.4, -0.2) is 85.9 Å². The first-order chi connectivity index (χ1) is 20.6. The number of nitrogens with zero attached hydrogens (tertiary/aromatic N) is 1. The Hall–Kier alpha value is -1.07. The van der Waals surface area contributed by atoms with Gasteiger partial charge in [-0.25, -0.2) is 8.42 Å². The summed E-state index contributed by atoms with van der Waals surface area (Å²) in [4.78, 5) is 14.3. The Bertz CT molecular complexity index is 1180. The molecule has 4 aliphatic rings. The molecule has 0 radical (unpaired) electrons. The van der Waals surface area contributed by atoms with Crippen LogP contribution in [0.15, 0.2) is 24.3 Å². The molecule has 3 heterocycles. The summed E-state index contributed by atoms with van der Waals surface area (Å²) in [6.07, 6.45) is 8.91. The molecular weight excluding hydrogens is 586 g/mol. The molecule has 1 aromatic rings. The summed E-state index contributed by atoms with van der Waals surface area (Å²) in [6.45, 7) is 6.55. The molecule has 5 rings (SSSR count). The third kappa shape index (κ3) is 8.40. The van der Waals surface area contributed by atoms with Gasteiger partial charge in [0.2, 0.25) is 10.0 Å². The smallest absolute Gasteiger partial charge is 0.214 e. The Kier molecular flexibility index (Phi) is 11.3. The number of ketones is 1. The predicted octanol–water partition coefficient (Wildman–Crippen LogP) is 4.50. The second-order valence-corrected chi connectivity index (χ2v) is 16.6. The molecule has 1 saturated carbocycles. The zero-order valence-corrected chi connectivity index (χ0v) is 27.6. The second-order valence-electron chi connectivity index (χ2n) is 14.1. The zero-order valence-electron chi connectivity index (χ0n) is 26.0. The van der Waals surface area contributed by atoms with E-state index in [1.165, 1.54) is 0 Å². The third-order valence-electron chi connectivity index (χ3n) is 10.6. The third-order valence-corrected chi connectivity index (χ3v) is 12.8. The van der Waals surface area contributed by atoms with E-state index in [2.05, 4.69) is 24.5 Å². The number of aliphatic hydroxyl groups excluding tert-OH is 1. The van der Waals surface area contributed by atoms with Crippen molar-refractivity contribution in [1.82, 2.24) is 14.9 Å². The van der Waals surface area contributed by atoms with Crippen molar-refractivity contribution in [3.05, 3.63) is 34.9 Å². The van der Waals surface area contributed by atoms with E-state index in [0.29, 0.717) is 43.0 Å². The van der Waals surface area contributed by atoms with E-state index < -0.39 is 16.1 Å². The summed E-state index contributed by atoms with van der Waals surface area (Å²) in [7, 11) is -3.20. The zero-order chi connectivity index (χ0) is 30.6. The van der Waals surface area contributed by atoms with Crippen LogP contribution in [0.5, 0.6) is 0 Å². The van der Waals surface area contributed by atoms with E-state index in [0.717, 1.165) is 69.9 Å². The molecule has 0 aromatic heterocycles. The summed E-state index contributed by atoms with van der Waals surface area (Å²) >= 11 is 6.26. The van der Waals surface area contributed by atoms with Crippen LogP contribution in [0.25, 0.3) is 0 Å². The molecule has 3 N–H and O–H groups in total. The summed E-state index contributed by atoms with van der Waals surface area (Å²) < 4.78 is 33.8. The van der Waals surface area contributed by atoms with Gasteiger partial charge in [-0.3, -0.25) is 4.79 Å². The van der Waals surface area contributed by atoms with Crippen LogP contribution >= 0.6 is 11.6 Å². The number of sulfonamides is 1. The SMILES string of the molecule is CC1(C)CC([C@H](c2ccc(Cl)cc2)[C@H](NCCO)C(=O)C[C@H]2CCC[C@@H]2CC[C@H]2CN[C@@H]3CCCS(=O)(=O)N2C3)CCO1. The quantitative estimate of drug-likeness (QED) is 0.310. The number of hydrogen-bond acceptors (Lipinski definition) is 7. The van der Waals surface area contributed by atoms with Gasteiger partial charge in [0, 0.05) is 55.7 Å². The minimum Gasteiger partial charge on any atom is -0.395 e. The molecule has 2 bridgehead atoms. The summed E-state index contributed by atoms with van der Waals surface area (Å²) in [5.41, 5.74) is 0.837. The van der Waals surface area contributed by atoms with E-state index in [1.54, 1.807) is 4.31 Å². The van der Waals surface area contributed by atoms with Crippen LogP contribution in [0.3, 0.4) is 0 Å². The van der Waals surface area contributed by atoms with Gasteiger partial charge >= 0.3 is 0 Å². The fourth-order valence-corrected chi connectivity index (χ4v) is 10.4. The normalized spacial score (nSPS) is 33.4. The van der Waals surface area contributed by atoms with Crippen LogP contribution in [0, 0.1) is 17.8 Å². The number of benzene rings is 1. The Balaban J connectivity index is 1.30. The van der Waals surface area contributed by atoms with Crippen molar-refractivity contribution >= 4 is 27.4 Å². The highest BCUT2D eigenvalue weighted by Gasteiger charge is 2.42. The number of rotatable bonds is 12. The number of carbonyl (C=O) groups excluding carboxylic acids is 1. The lowest BCUT2D eigenvalue weighted by Crippen LogP contribution is -2.57. The lowest BCUT2D eigenvalue weighted by atomic mass is 9.71. The number of piperazine rings is 1. The monoisotopic (exact) mass is 637 g/mol. The average Bonchev–Trinajstić information content (AvgIpc) is 3.36. The molecule has 4 fully saturated rings. The Morgan fingerprint density at radius 2 is 1.91 bits per heavy atom. The van der Waals surface area contributed by atoms with E-state index in [1.807, 2.05) is 24.3 Å². The van der Waals surface area contributed by atoms with Gasteiger partial charge < -0.3 is 20.5 Å². The minimum atomic E-state index is -3.20. The molecule has 0 amide bonds. The average molecular weight is 638 g/mol. The van der Waals surface area contributed by atoms with E-state index >= 15 is 0 Å². The number of aliphatic hydroxyl groups is 1. The molecule has 43 heavy (non-hydrogen) atoms. The molecule has 242 valence electrons. The number of halogens is 1. The summed E-state index contributed by atoms with van der Waals surface area (Å²) in [5.74, 6) is 1.39. The topological polar surface area (TPSA) is 108 Å². The van der Waals surface area contributed by atoms with Crippen molar-refractivity contribution in [2.45, 2.75) is 108 Å². The first-order valence-corrected chi connectivity index (χ1v) is 18.5. The molecule has 3 aliphatic heterocycles. The lowest BCUT2D eigenvalue weighted by molar-refractivity contribution is -0.124. The Morgan fingerprint density at radius 3 is 2.65 bits per heavy atom. The van der Waals surface area contributed by atoms with Gasteiger partial charge in [0.25, 0.3) is 0 Å². The molecule has 0 spiro atoms. The van der Waals surface area contributed by atoms with Crippen molar-refractivity contribution in [2.24, 2.45) is 17.8 Å². The second kappa shape index (κ2) is 14.6. The maximum atomic E-state index is 14.3. The fraction of sp³-hybridized carbons (Fsp3) is 0.788. The lowest BCUT2D eigenvalue weighted by Gasteiger charge is -2.42. The van der Waals surface area contributed by atoms with Crippen LogP contribution in [-0.2, 0) is 19.6 Å². The van der Waals surface area contributed by atoms with E-state index in [-0.39, 0.29) is 47.7 Å². The highest BCUT2D eigenvalue weighted by Crippen LogP contribution is 2.43. The number of ether oxygens (including phenoxy) is 1. The summed E-state index contributed by atoms with van der Waals surface area (Å²) in [5, 5.41) is 17.5. The highest BCUT2D eigenvalue weighted by atomic mass is 35.5. The molecule has 2 unspecified atom stereocenters. The van der Waals surface area contributed by atoms with Crippen molar-refractivity contribution < 1.29 is 23.1 Å². The van der Waals surface area contributed by atoms with Crippen molar-refractivity contribution in [3.8, 4) is 0 Å². The first kappa shape index (κ1) is 33.3. The number of carbonyl (C=O) groups is 1. The van der Waals surface area contributed by atoms with Gasteiger partial charge in [-0.15, -0.1) is 0 Å². The number of fused-ring (bicyclic) bond motifs is 2. The van der Waals surface area contributed by atoms with Crippen molar-refractivity contribution in [2.75, 3.05) is 38.6 Å². The molecule has 8 nitrogen and oxygen atoms in total. The molecule has 10 heteroatoms. The Morgan fingerprint density at radius 1 is 1.14 bits per heavy atom. The molecule has 8 atom stereocenters. The summed E-state index contributed by atoms with van der Waals surface area (Å²) in [6, 6.07) is 7.77. The largest absolute Gasteiger partial charge is 0.395 e. The maximum absolute atomic E-state index is 14.3. The standard InChI is InChI=1S/C33H52ClN3O5S/c1-33(2)20-26(14-17-42-33)31(24-8-11-27(34)12-9-24)32(35-15-16-38)30(39)19-25-6-3-5-23(25)10-13-29-21-36-28-7-4-18-43(40,41)37(29)22-28/h8-9,11-12,23,25-26,28-29,31-32,35-36,38H,3-7,10,13-22H2,1-2H3/t23-,25-,26?,28-,29+,31+,32-/m1/s1. The molecule has 1 aliphatic carbocycles. The highest BCUT2D eigenvalue weighted by molar-refractivity contribution is 7.89. The number of nitrogens with one attached hydrogen (secondary N) is 2. The van der Waals surface area contributed by atoms with Crippen LogP contribution in [0.1, 0.15) is 89.5 Å². The predicted molar refractivity (Wildman–Crippen MR) is 171 cm³/mol. The van der Waals surface area contributed by atoms with Crippen LogP contribution in [0.2, 0.25) is 5.02 Å².